The molecule has 0 saturated carbocycles. The molecule has 0 spiro atoms. The summed E-state index contributed by atoms with van der Waals surface area (Å²) in [6, 6.07) is 25.0. The van der Waals surface area contributed by atoms with E-state index in [0.717, 1.165) is 12.2 Å². The number of aryl methyl sites for hydroxylation is 1. The fourth-order valence-corrected chi connectivity index (χ4v) is 7.18. The van der Waals surface area contributed by atoms with E-state index in [-0.39, 0.29) is 5.92 Å². The summed E-state index contributed by atoms with van der Waals surface area (Å²) in [6.07, 6.45) is 9.33. The Morgan fingerprint density at radius 1 is 0.439 bits per heavy atom. The highest BCUT2D eigenvalue weighted by Gasteiger charge is 2.29. The Balaban J connectivity index is 0.765. The van der Waals surface area contributed by atoms with Crippen molar-refractivity contribution in [2.45, 2.75) is 64.2 Å². The number of hydrogen-bond acceptors (Lipinski definition) is 13. The number of hydrogen-bond donors (Lipinski definition) is 1. The molecule has 0 heterocycles. The van der Waals surface area contributed by atoms with Gasteiger partial charge in [-0.15, -0.1) is 0 Å². The molecule has 0 bridgehead atoms. The number of nitrogens with one attached hydrogen (secondary N) is 1. The minimum atomic E-state index is -0.415. The third-order valence-electron chi connectivity index (χ3n) is 10.7. The molecule has 1 N–H and O–H groups in total. The average molecular weight is 926 g/mol. The minimum absolute atomic E-state index is 0.0478. The van der Waals surface area contributed by atoms with Crippen molar-refractivity contribution in [3.05, 3.63) is 89.5 Å². The molecule has 0 atom stereocenters. The molecule has 1 aliphatic carbocycles. The number of amides is 1. The number of rotatable bonds is 44. The molecule has 0 aromatic heterocycles. The van der Waals surface area contributed by atoms with E-state index < -0.39 is 6.09 Å². The van der Waals surface area contributed by atoms with Gasteiger partial charge in [-0.2, -0.15) is 0 Å². The largest absolute Gasteiger partial charge is 0.491 e. The number of ether oxygens (including phenoxy) is 12. The molecule has 370 valence electrons. The normalized spacial score (nSPS) is 12.1. The van der Waals surface area contributed by atoms with E-state index in [2.05, 4.69) is 48.6 Å². The number of fused-ring (bicyclic) bond motifs is 3. The zero-order chi connectivity index (χ0) is 46.2. The molecule has 0 radical (unpaired) electrons. The lowest BCUT2D eigenvalue weighted by atomic mass is 9.98. The molecule has 66 heavy (non-hydrogen) atoms. The molecule has 1 amide bonds. The molecular formula is C52H79NO13. The standard InChI is InChI=1S/C52H79NO13/c1-2-3-4-5-6-7-13-45-18-20-46(21-19-45)65-43-42-64-41-40-63-39-38-62-37-36-61-35-34-60-33-32-59-31-30-58-29-28-57-27-26-56-25-24-55-23-12-22-53-52(54)66-44-51-49-16-10-8-14-47(49)48-15-9-11-17-50(48)51/h8-11,14-21,51H,2-7,12-13,22-44H2,1H3,(H,53,54). The van der Waals surface area contributed by atoms with Gasteiger partial charge in [0.15, 0.2) is 0 Å². The molecule has 3 aromatic carbocycles. The van der Waals surface area contributed by atoms with Crippen molar-refractivity contribution in [2.75, 3.05) is 152 Å². The lowest BCUT2D eigenvalue weighted by Gasteiger charge is -2.14. The fourth-order valence-electron chi connectivity index (χ4n) is 7.18. The van der Waals surface area contributed by atoms with Crippen molar-refractivity contribution in [2.24, 2.45) is 0 Å². The summed E-state index contributed by atoms with van der Waals surface area (Å²) in [7, 11) is 0. The Kier molecular flexibility index (Phi) is 31.9. The van der Waals surface area contributed by atoms with Crippen molar-refractivity contribution in [3.8, 4) is 16.9 Å². The highest BCUT2D eigenvalue weighted by atomic mass is 16.6. The predicted molar refractivity (Wildman–Crippen MR) is 255 cm³/mol. The van der Waals surface area contributed by atoms with Crippen molar-refractivity contribution in [1.29, 1.82) is 0 Å². The number of carbonyl (C=O) groups is 1. The van der Waals surface area contributed by atoms with Crippen LogP contribution in [0.25, 0.3) is 11.1 Å². The summed E-state index contributed by atoms with van der Waals surface area (Å²) in [5.41, 5.74) is 6.18. The number of alkyl carbamates (subject to hydrolysis) is 1. The lowest BCUT2D eigenvalue weighted by molar-refractivity contribution is -0.0267. The van der Waals surface area contributed by atoms with Crippen LogP contribution in [0.4, 0.5) is 4.79 Å². The summed E-state index contributed by atoms with van der Waals surface area (Å²) < 4.78 is 66.9. The Labute approximate surface area is 394 Å². The maximum Gasteiger partial charge on any atom is 0.407 e. The van der Waals surface area contributed by atoms with Gasteiger partial charge in [0.1, 0.15) is 19.0 Å². The Morgan fingerprint density at radius 2 is 0.833 bits per heavy atom. The van der Waals surface area contributed by atoms with Gasteiger partial charge in [0.2, 0.25) is 0 Å². The highest BCUT2D eigenvalue weighted by molar-refractivity contribution is 5.79. The summed E-state index contributed by atoms with van der Waals surface area (Å²) in [5.74, 6) is 0.929. The molecule has 0 saturated heterocycles. The zero-order valence-electron chi connectivity index (χ0n) is 39.7. The van der Waals surface area contributed by atoms with E-state index in [1.165, 1.54) is 66.3 Å². The van der Waals surface area contributed by atoms with Crippen molar-refractivity contribution >= 4 is 6.09 Å². The SMILES string of the molecule is CCCCCCCCc1ccc(OCCOCCOCCOCCOCCOCCOCCOCCOCCOCCOCCCNC(=O)OCC2c3ccccc3-c3ccccc32)cc1. The van der Waals surface area contributed by atoms with Gasteiger partial charge in [0, 0.05) is 19.1 Å². The number of carbonyl (C=O) groups excluding carboxylic acids is 1. The van der Waals surface area contributed by atoms with E-state index in [4.69, 9.17) is 56.8 Å². The van der Waals surface area contributed by atoms with Crippen LogP contribution in [0.3, 0.4) is 0 Å². The minimum Gasteiger partial charge on any atom is -0.491 e. The van der Waals surface area contributed by atoms with E-state index in [0.29, 0.717) is 158 Å². The zero-order valence-corrected chi connectivity index (χ0v) is 39.7. The van der Waals surface area contributed by atoms with Crippen LogP contribution in [0.5, 0.6) is 5.75 Å². The summed E-state index contributed by atoms with van der Waals surface area (Å²) in [5, 5.41) is 2.81. The smallest absolute Gasteiger partial charge is 0.407 e. The van der Waals surface area contributed by atoms with Gasteiger partial charge in [-0.1, -0.05) is 99.7 Å². The van der Waals surface area contributed by atoms with E-state index in [9.17, 15) is 4.79 Å². The van der Waals surface area contributed by atoms with Crippen LogP contribution >= 0.6 is 0 Å². The quantitative estimate of drug-likeness (QED) is 0.0548. The Bertz CT molecular complexity index is 1570. The van der Waals surface area contributed by atoms with Crippen molar-refractivity contribution in [3.63, 3.8) is 0 Å². The summed E-state index contributed by atoms with van der Waals surface area (Å²) >= 11 is 0. The molecule has 4 rings (SSSR count). The van der Waals surface area contributed by atoms with Crippen LogP contribution in [-0.2, 0) is 58.5 Å². The second kappa shape index (κ2) is 38.3. The lowest BCUT2D eigenvalue weighted by Crippen LogP contribution is -2.27. The Morgan fingerprint density at radius 3 is 1.29 bits per heavy atom. The van der Waals surface area contributed by atoms with Crippen LogP contribution in [0.15, 0.2) is 72.8 Å². The van der Waals surface area contributed by atoms with Gasteiger partial charge < -0.3 is 62.2 Å². The number of benzene rings is 3. The molecule has 0 unspecified atom stereocenters. The van der Waals surface area contributed by atoms with E-state index in [1.54, 1.807) is 0 Å². The van der Waals surface area contributed by atoms with Crippen LogP contribution < -0.4 is 10.1 Å². The molecule has 14 nitrogen and oxygen atoms in total. The molecule has 0 fully saturated rings. The second-order valence-electron chi connectivity index (χ2n) is 15.7. The van der Waals surface area contributed by atoms with Gasteiger partial charge >= 0.3 is 6.09 Å². The Hall–Kier alpha value is -3.67. The van der Waals surface area contributed by atoms with Crippen LogP contribution in [0.1, 0.15) is 74.5 Å². The molecular weight excluding hydrogens is 847 g/mol. The van der Waals surface area contributed by atoms with Crippen LogP contribution in [0, 0.1) is 0 Å². The number of unbranched alkanes of at least 4 members (excludes halogenated alkanes) is 5. The van der Waals surface area contributed by atoms with E-state index >= 15 is 0 Å². The van der Waals surface area contributed by atoms with Gasteiger partial charge in [-0.05, 0) is 59.2 Å². The first kappa shape index (κ1) is 54.9. The van der Waals surface area contributed by atoms with Crippen LogP contribution in [-0.4, -0.2) is 158 Å². The molecule has 14 heteroatoms. The molecule has 1 aliphatic rings. The summed E-state index contributed by atoms with van der Waals surface area (Å²) in [4.78, 5) is 12.3. The second-order valence-corrected chi connectivity index (χ2v) is 15.7. The first-order valence-corrected chi connectivity index (χ1v) is 24.3. The van der Waals surface area contributed by atoms with Gasteiger partial charge in [0.25, 0.3) is 0 Å². The van der Waals surface area contributed by atoms with Gasteiger partial charge in [0.05, 0.1) is 126 Å². The molecule has 3 aromatic rings. The van der Waals surface area contributed by atoms with Gasteiger partial charge in [-0.25, -0.2) is 4.79 Å². The maximum absolute atomic E-state index is 12.3. The predicted octanol–water partition coefficient (Wildman–Crippen LogP) is 8.06. The third-order valence-corrected chi connectivity index (χ3v) is 10.7. The first-order chi connectivity index (χ1) is 32.8. The molecule has 0 aliphatic heterocycles. The van der Waals surface area contributed by atoms with Crippen LogP contribution in [0.2, 0.25) is 0 Å². The third kappa shape index (κ3) is 25.5. The average Bonchev–Trinajstić information content (AvgIpc) is 3.66. The monoisotopic (exact) mass is 926 g/mol. The van der Waals surface area contributed by atoms with Crippen molar-refractivity contribution < 1.29 is 61.6 Å². The first-order valence-electron chi connectivity index (χ1n) is 24.3. The topological polar surface area (TPSA) is 140 Å². The fraction of sp³-hybridized carbons (Fsp3) is 0.635. The maximum atomic E-state index is 12.3. The van der Waals surface area contributed by atoms with Crippen molar-refractivity contribution in [1.82, 2.24) is 5.32 Å². The van der Waals surface area contributed by atoms with E-state index in [1.807, 2.05) is 36.4 Å². The highest BCUT2D eigenvalue weighted by Crippen LogP contribution is 2.44. The van der Waals surface area contributed by atoms with Gasteiger partial charge in [-0.3, -0.25) is 0 Å². The summed E-state index contributed by atoms with van der Waals surface area (Å²) in [6.45, 7) is 13.5.